The number of carbonyl (C=O) groups is 1. The third-order valence-electron chi connectivity index (χ3n) is 12.1. The minimum Gasteiger partial charge on any atom is -0.459 e. The van der Waals surface area contributed by atoms with Gasteiger partial charge in [-0.2, -0.15) is 0 Å². The van der Waals surface area contributed by atoms with Crippen LogP contribution < -0.4 is 0 Å². The van der Waals surface area contributed by atoms with E-state index in [0.717, 1.165) is 6.42 Å². The van der Waals surface area contributed by atoms with Crippen LogP contribution in [0.3, 0.4) is 0 Å². The Morgan fingerprint density at radius 3 is 2.12 bits per heavy atom. The molecule has 0 aromatic carbocycles. The second-order valence-corrected chi connectivity index (χ2v) is 17.1. The van der Waals surface area contributed by atoms with E-state index in [1.807, 2.05) is 53.7 Å². The number of methoxy groups -OCH3 is 1. The predicted octanol–water partition coefficient (Wildman–Crippen LogP) is 2.93. The molecule has 0 radical (unpaired) electrons. The summed E-state index contributed by atoms with van der Waals surface area (Å²) < 4.78 is 37.9. The summed E-state index contributed by atoms with van der Waals surface area (Å²) in [5.41, 5.74) is -4.18. The molecule has 13 heteroatoms. The van der Waals surface area contributed by atoms with Crippen LogP contribution in [-0.2, 0) is 33.2 Å². The van der Waals surface area contributed by atoms with E-state index in [0.29, 0.717) is 19.4 Å². The Balaban J connectivity index is 2.15. The van der Waals surface area contributed by atoms with Gasteiger partial charge in [-0.15, -0.1) is 0 Å². The normalized spacial score (nSPS) is 48.9. The van der Waals surface area contributed by atoms with Crippen molar-refractivity contribution in [1.29, 1.82) is 0 Å². The molecule has 0 saturated carbocycles. The summed E-state index contributed by atoms with van der Waals surface area (Å²) in [4.78, 5) is 18.3. The zero-order chi connectivity index (χ0) is 38.8. The highest BCUT2D eigenvalue weighted by Gasteiger charge is 2.52. The summed E-state index contributed by atoms with van der Waals surface area (Å²) in [5.74, 6) is -2.27. The molecule has 0 aliphatic carbocycles. The summed E-state index contributed by atoms with van der Waals surface area (Å²) in [6.07, 6.45) is -5.02. The van der Waals surface area contributed by atoms with Crippen molar-refractivity contribution < 1.29 is 53.6 Å². The van der Waals surface area contributed by atoms with Crippen molar-refractivity contribution >= 4 is 5.97 Å². The number of aliphatic hydroxyl groups is 4. The molecule has 17 unspecified atom stereocenters. The van der Waals surface area contributed by atoms with Gasteiger partial charge in [0.05, 0.1) is 41.5 Å². The molecule has 3 aliphatic heterocycles. The fourth-order valence-electron chi connectivity index (χ4n) is 8.68. The zero-order valence-corrected chi connectivity index (χ0v) is 33.9. The first-order valence-corrected chi connectivity index (χ1v) is 19.0. The molecule has 3 aliphatic rings. The van der Waals surface area contributed by atoms with Gasteiger partial charge in [0.15, 0.2) is 12.6 Å². The highest BCUT2D eigenvalue weighted by Crippen LogP contribution is 2.40. The molecule has 0 bridgehead atoms. The Labute approximate surface area is 307 Å². The van der Waals surface area contributed by atoms with Crippen LogP contribution in [-0.4, -0.2) is 155 Å². The summed E-state index contributed by atoms with van der Waals surface area (Å²) in [7, 11) is 7.47. The molecule has 0 aromatic rings. The highest BCUT2D eigenvalue weighted by atomic mass is 16.7. The topological polar surface area (TPSA) is 160 Å². The molecule has 0 aromatic heterocycles. The van der Waals surface area contributed by atoms with Crippen molar-refractivity contribution in [3.63, 3.8) is 0 Å². The number of cyclic esters (lactones) is 1. The lowest BCUT2D eigenvalue weighted by atomic mass is 9.77. The summed E-state index contributed by atoms with van der Waals surface area (Å²) in [5, 5.41) is 46.6. The molecule has 51 heavy (non-hydrogen) atoms. The van der Waals surface area contributed by atoms with E-state index < -0.39 is 89.9 Å². The predicted molar refractivity (Wildman–Crippen MR) is 193 cm³/mol. The Kier molecular flexibility index (Phi) is 15.4. The van der Waals surface area contributed by atoms with Gasteiger partial charge in [-0.1, -0.05) is 20.8 Å². The van der Waals surface area contributed by atoms with Crippen LogP contribution in [0.25, 0.3) is 0 Å². The van der Waals surface area contributed by atoms with Crippen LogP contribution in [0.5, 0.6) is 0 Å². The lowest BCUT2D eigenvalue weighted by Gasteiger charge is -2.48. The van der Waals surface area contributed by atoms with Gasteiger partial charge in [0.2, 0.25) is 0 Å². The molecule has 3 heterocycles. The maximum absolute atomic E-state index is 14.2. The number of aliphatic hydroxyl groups excluding tert-OH is 2. The largest absolute Gasteiger partial charge is 0.459 e. The Hall–Kier alpha value is -0.970. The fourth-order valence-corrected chi connectivity index (χ4v) is 8.68. The lowest BCUT2D eigenvalue weighted by molar-refractivity contribution is -0.308. The van der Waals surface area contributed by atoms with E-state index in [-0.39, 0.29) is 30.9 Å². The molecule has 0 spiro atoms. The number of ether oxygens (including phenoxy) is 6. The van der Waals surface area contributed by atoms with Crippen molar-refractivity contribution in [2.45, 2.75) is 186 Å². The first kappa shape index (κ1) is 44.4. The minimum atomic E-state index is -1.77. The summed E-state index contributed by atoms with van der Waals surface area (Å²) in [6.45, 7) is 18.6. The van der Waals surface area contributed by atoms with E-state index in [4.69, 9.17) is 28.4 Å². The molecular weight excluding hydrogens is 660 g/mol. The average Bonchev–Trinajstić information content (AvgIpc) is 3.04. The van der Waals surface area contributed by atoms with Crippen LogP contribution in [0.15, 0.2) is 0 Å². The van der Waals surface area contributed by atoms with Gasteiger partial charge < -0.3 is 58.6 Å². The first-order chi connectivity index (χ1) is 23.5. The van der Waals surface area contributed by atoms with Gasteiger partial charge in [-0.05, 0) is 94.8 Å². The summed E-state index contributed by atoms with van der Waals surface area (Å²) in [6, 6.07) is -0.294. The van der Waals surface area contributed by atoms with E-state index in [9.17, 15) is 25.2 Å². The maximum atomic E-state index is 14.2. The highest BCUT2D eigenvalue weighted by molar-refractivity contribution is 5.73. The quantitative estimate of drug-likeness (QED) is 0.284. The molecule has 17 atom stereocenters. The Bertz CT molecular complexity index is 1110. The molecule has 3 saturated heterocycles. The molecule has 0 amide bonds. The van der Waals surface area contributed by atoms with E-state index in [1.54, 1.807) is 34.6 Å². The second kappa shape index (κ2) is 17.7. The van der Waals surface area contributed by atoms with Crippen molar-refractivity contribution in [3.8, 4) is 0 Å². The van der Waals surface area contributed by atoms with Crippen molar-refractivity contribution in [1.82, 2.24) is 9.80 Å². The monoisotopic (exact) mass is 733 g/mol. The number of esters is 1. The molecule has 4 N–H and O–H groups in total. The second-order valence-electron chi connectivity index (χ2n) is 17.1. The Morgan fingerprint density at radius 1 is 0.922 bits per heavy atom. The third kappa shape index (κ3) is 10.4. The van der Waals surface area contributed by atoms with E-state index >= 15 is 0 Å². The smallest absolute Gasteiger partial charge is 0.311 e. The number of hydrogen-bond acceptors (Lipinski definition) is 13. The van der Waals surface area contributed by atoms with Crippen molar-refractivity contribution in [2.24, 2.45) is 17.8 Å². The van der Waals surface area contributed by atoms with E-state index in [2.05, 4.69) is 4.90 Å². The SMILES string of the molecule is CCC1OC(=O)C(C)C(OC2CC(C)(OC)C(O)C(C)O2)C(C)C(OC2CC(N(C)C)CC(C)O2)C(C)(O)CC(C)CN(C)C(C)C(O)C1(C)O. The summed E-state index contributed by atoms with van der Waals surface area (Å²) >= 11 is 0. The molecular formula is C38H72N2O11. The van der Waals surface area contributed by atoms with Crippen LogP contribution in [0.2, 0.25) is 0 Å². The lowest BCUT2D eigenvalue weighted by Crippen LogP contribution is -2.59. The van der Waals surface area contributed by atoms with Gasteiger partial charge in [0.25, 0.3) is 0 Å². The van der Waals surface area contributed by atoms with Crippen LogP contribution >= 0.6 is 0 Å². The van der Waals surface area contributed by atoms with Crippen molar-refractivity contribution in [3.05, 3.63) is 0 Å². The number of carbonyl (C=O) groups excluding carboxylic acids is 1. The van der Waals surface area contributed by atoms with Gasteiger partial charge >= 0.3 is 5.97 Å². The molecule has 3 fully saturated rings. The Morgan fingerprint density at radius 2 is 1.55 bits per heavy atom. The van der Waals surface area contributed by atoms with Crippen LogP contribution in [0, 0.1) is 17.8 Å². The van der Waals surface area contributed by atoms with Crippen LogP contribution in [0.1, 0.15) is 101 Å². The number of nitrogens with zero attached hydrogens (tertiary/aromatic N) is 2. The van der Waals surface area contributed by atoms with Gasteiger partial charge in [0.1, 0.15) is 23.9 Å². The maximum Gasteiger partial charge on any atom is 0.311 e. The number of likely N-dealkylation sites (N-methyl/N-ethyl adjacent to an activating group) is 1. The molecule has 3 rings (SSSR count). The van der Waals surface area contributed by atoms with Gasteiger partial charge in [-0.3, -0.25) is 4.79 Å². The zero-order valence-electron chi connectivity index (χ0n) is 33.9. The average molecular weight is 733 g/mol. The van der Waals surface area contributed by atoms with Gasteiger partial charge in [0, 0.05) is 44.5 Å². The number of hydrogen-bond donors (Lipinski definition) is 4. The van der Waals surface area contributed by atoms with E-state index in [1.165, 1.54) is 14.0 Å². The first-order valence-electron chi connectivity index (χ1n) is 19.0. The fraction of sp³-hybridized carbons (Fsp3) is 0.974. The minimum absolute atomic E-state index is 0.0724. The standard InChI is InChI=1S/C38H72N2O11/c1-15-28-38(10,45)32(41)25(6)40(13)20-21(2)18-36(8,44)34(51-29-17-27(39(11)12)16-22(3)47-29)23(4)31(24(5)35(43)49-28)50-30-19-37(9,46-14)33(42)26(7)48-30/h21-34,41-42,44-45H,15-20H2,1-14H3. The van der Waals surface area contributed by atoms with Crippen LogP contribution in [0.4, 0.5) is 0 Å². The molecule has 13 nitrogen and oxygen atoms in total. The third-order valence-corrected chi connectivity index (χ3v) is 12.1. The van der Waals surface area contributed by atoms with Gasteiger partial charge in [-0.25, -0.2) is 0 Å². The number of rotatable bonds is 7. The molecule has 300 valence electrons. The van der Waals surface area contributed by atoms with Crippen molar-refractivity contribution in [2.75, 3.05) is 34.8 Å².